The third-order valence-electron chi connectivity index (χ3n) is 5.60. The van der Waals surface area contributed by atoms with Crippen molar-refractivity contribution in [3.63, 3.8) is 0 Å². The van der Waals surface area contributed by atoms with Crippen LogP contribution in [0.3, 0.4) is 0 Å². The number of hydrogen-bond donors (Lipinski definition) is 1. The maximum Gasteiger partial charge on any atom is 0.226 e. The summed E-state index contributed by atoms with van der Waals surface area (Å²) < 4.78 is 5.53. The smallest absolute Gasteiger partial charge is 0.226 e. The quantitative estimate of drug-likeness (QED) is 0.901. The zero-order valence-corrected chi connectivity index (χ0v) is 13.5. The highest BCUT2D eigenvalue weighted by atomic mass is 16.5. The van der Waals surface area contributed by atoms with E-state index < -0.39 is 0 Å². The number of rotatable bonds is 5. The highest BCUT2D eigenvalue weighted by molar-refractivity contribution is 5.00. The Hall–Kier alpha value is -0.900. The molecule has 1 saturated heterocycles. The third kappa shape index (κ3) is 3.65. The van der Waals surface area contributed by atoms with Crippen molar-refractivity contribution in [2.75, 3.05) is 13.1 Å². The van der Waals surface area contributed by atoms with Crippen LogP contribution in [0, 0.1) is 17.8 Å². The van der Waals surface area contributed by atoms with Crippen LogP contribution in [-0.2, 0) is 6.42 Å². The van der Waals surface area contributed by atoms with Crippen LogP contribution in [0.25, 0.3) is 0 Å². The van der Waals surface area contributed by atoms with Crippen LogP contribution in [0.2, 0.25) is 0 Å². The summed E-state index contributed by atoms with van der Waals surface area (Å²) in [6.45, 7) is 6.93. The Morgan fingerprint density at radius 3 is 2.95 bits per heavy atom. The Kier molecular flexibility index (Phi) is 4.94. The molecule has 21 heavy (non-hydrogen) atoms. The number of aromatic nitrogens is 2. The average molecular weight is 291 g/mol. The van der Waals surface area contributed by atoms with E-state index in [-0.39, 0.29) is 0 Å². The first-order chi connectivity index (χ1) is 10.3. The molecule has 2 heterocycles. The van der Waals surface area contributed by atoms with Gasteiger partial charge in [-0.2, -0.15) is 4.98 Å². The van der Waals surface area contributed by atoms with E-state index in [1.807, 2.05) is 0 Å². The fourth-order valence-corrected chi connectivity index (χ4v) is 4.00. The van der Waals surface area contributed by atoms with Crippen LogP contribution in [0.1, 0.15) is 70.0 Å². The SMILES string of the molecule is CCC1CCC(c2noc(CC(C)C3CCCNC3)n2)C1. The minimum absolute atomic E-state index is 0.541. The van der Waals surface area contributed by atoms with E-state index >= 15 is 0 Å². The molecule has 0 spiro atoms. The number of piperidine rings is 1. The van der Waals surface area contributed by atoms with Gasteiger partial charge in [-0.1, -0.05) is 25.4 Å². The lowest BCUT2D eigenvalue weighted by molar-refractivity contribution is 0.256. The Balaban J connectivity index is 1.55. The second kappa shape index (κ2) is 6.91. The molecular formula is C17H29N3O. The lowest BCUT2D eigenvalue weighted by atomic mass is 9.85. The maximum atomic E-state index is 5.53. The molecule has 2 fully saturated rings. The highest BCUT2D eigenvalue weighted by Crippen LogP contribution is 2.38. The molecule has 0 amide bonds. The minimum Gasteiger partial charge on any atom is -0.339 e. The fourth-order valence-electron chi connectivity index (χ4n) is 4.00. The van der Waals surface area contributed by atoms with Crippen molar-refractivity contribution in [2.45, 2.75) is 64.7 Å². The van der Waals surface area contributed by atoms with Crippen LogP contribution in [0.15, 0.2) is 4.52 Å². The fraction of sp³-hybridized carbons (Fsp3) is 0.882. The first-order valence-corrected chi connectivity index (χ1v) is 8.79. The van der Waals surface area contributed by atoms with Crippen molar-refractivity contribution in [3.05, 3.63) is 11.7 Å². The largest absolute Gasteiger partial charge is 0.339 e. The molecule has 1 N–H and O–H groups in total. The molecule has 2 aliphatic rings. The average Bonchev–Trinajstić information content (AvgIpc) is 3.16. The first kappa shape index (κ1) is 15.0. The van der Waals surface area contributed by atoms with E-state index in [1.54, 1.807) is 0 Å². The summed E-state index contributed by atoms with van der Waals surface area (Å²) in [7, 11) is 0. The molecule has 4 nitrogen and oxygen atoms in total. The van der Waals surface area contributed by atoms with Crippen molar-refractivity contribution in [1.82, 2.24) is 15.5 Å². The van der Waals surface area contributed by atoms with E-state index in [0.29, 0.717) is 11.8 Å². The lowest BCUT2D eigenvalue weighted by Gasteiger charge is -2.27. The van der Waals surface area contributed by atoms with Gasteiger partial charge in [0.2, 0.25) is 5.89 Å². The first-order valence-electron chi connectivity index (χ1n) is 8.79. The Morgan fingerprint density at radius 1 is 1.33 bits per heavy atom. The van der Waals surface area contributed by atoms with Gasteiger partial charge in [0.05, 0.1) is 0 Å². The summed E-state index contributed by atoms with van der Waals surface area (Å²) >= 11 is 0. The summed E-state index contributed by atoms with van der Waals surface area (Å²) in [6, 6.07) is 0. The van der Waals surface area contributed by atoms with E-state index in [4.69, 9.17) is 9.51 Å². The molecule has 4 unspecified atom stereocenters. The molecule has 1 aliphatic heterocycles. The monoisotopic (exact) mass is 291 g/mol. The van der Waals surface area contributed by atoms with Gasteiger partial charge in [0.25, 0.3) is 0 Å². The van der Waals surface area contributed by atoms with Crippen molar-refractivity contribution in [3.8, 4) is 0 Å². The van der Waals surface area contributed by atoms with Gasteiger partial charge < -0.3 is 9.84 Å². The molecule has 1 aliphatic carbocycles. The number of nitrogens with one attached hydrogen (secondary N) is 1. The van der Waals surface area contributed by atoms with Gasteiger partial charge in [-0.3, -0.25) is 0 Å². The van der Waals surface area contributed by atoms with Gasteiger partial charge in [-0.05, 0) is 62.9 Å². The summed E-state index contributed by atoms with van der Waals surface area (Å²) in [5.74, 6) is 4.60. The van der Waals surface area contributed by atoms with E-state index in [1.165, 1.54) is 45.1 Å². The number of hydrogen-bond acceptors (Lipinski definition) is 4. The third-order valence-corrected chi connectivity index (χ3v) is 5.60. The van der Waals surface area contributed by atoms with E-state index in [9.17, 15) is 0 Å². The summed E-state index contributed by atoms with van der Waals surface area (Å²) in [5.41, 5.74) is 0. The predicted octanol–water partition coefficient (Wildman–Crippen LogP) is 3.54. The maximum absolute atomic E-state index is 5.53. The second-order valence-corrected chi connectivity index (χ2v) is 7.12. The Labute approximate surface area is 128 Å². The topological polar surface area (TPSA) is 51.0 Å². The van der Waals surface area contributed by atoms with E-state index in [0.717, 1.165) is 36.5 Å². The zero-order valence-electron chi connectivity index (χ0n) is 13.5. The molecule has 3 rings (SSSR count). The molecule has 1 aromatic heterocycles. The summed E-state index contributed by atoms with van der Waals surface area (Å²) in [5, 5.41) is 7.76. The summed E-state index contributed by atoms with van der Waals surface area (Å²) in [4.78, 5) is 4.70. The molecule has 1 saturated carbocycles. The molecule has 4 atom stereocenters. The predicted molar refractivity (Wildman–Crippen MR) is 83.1 cm³/mol. The van der Waals surface area contributed by atoms with Gasteiger partial charge in [0.15, 0.2) is 5.82 Å². The summed E-state index contributed by atoms with van der Waals surface area (Å²) in [6.07, 6.45) is 8.66. The molecule has 118 valence electrons. The van der Waals surface area contributed by atoms with Gasteiger partial charge in [0, 0.05) is 12.3 Å². The van der Waals surface area contributed by atoms with E-state index in [2.05, 4.69) is 24.3 Å². The molecule has 1 aromatic rings. The van der Waals surface area contributed by atoms with Crippen LogP contribution in [-0.4, -0.2) is 23.2 Å². The molecular weight excluding hydrogens is 262 g/mol. The second-order valence-electron chi connectivity index (χ2n) is 7.12. The lowest BCUT2D eigenvalue weighted by Crippen LogP contribution is -2.33. The van der Waals surface area contributed by atoms with Crippen molar-refractivity contribution in [2.24, 2.45) is 17.8 Å². The standard InChI is InChI=1S/C17H29N3O/c1-3-13-6-7-14(10-13)17-19-16(21-20-17)9-12(2)15-5-4-8-18-11-15/h12-15,18H,3-11H2,1-2H3. The normalized spacial score (nSPS) is 31.4. The van der Waals surface area contributed by atoms with Crippen molar-refractivity contribution in [1.29, 1.82) is 0 Å². The Bertz CT molecular complexity index is 439. The van der Waals surface area contributed by atoms with Crippen LogP contribution < -0.4 is 5.32 Å². The van der Waals surface area contributed by atoms with Crippen molar-refractivity contribution < 1.29 is 4.52 Å². The van der Waals surface area contributed by atoms with Gasteiger partial charge >= 0.3 is 0 Å². The van der Waals surface area contributed by atoms with Crippen molar-refractivity contribution >= 4 is 0 Å². The molecule has 0 radical (unpaired) electrons. The number of nitrogens with zero attached hydrogens (tertiary/aromatic N) is 2. The Morgan fingerprint density at radius 2 is 2.24 bits per heavy atom. The van der Waals surface area contributed by atoms with Crippen LogP contribution in [0.5, 0.6) is 0 Å². The van der Waals surface area contributed by atoms with Crippen LogP contribution in [0.4, 0.5) is 0 Å². The van der Waals surface area contributed by atoms with Gasteiger partial charge in [0.1, 0.15) is 0 Å². The van der Waals surface area contributed by atoms with Gasteiger partial charge in [-0.25, -0.2) is 0 Å². The zero-order chi connectivity index (χ0) is 14.7. The molecule has 0 aromatic carbocycles. The van der Waals surface area contributed by atoms with Crippen LogP contribution >= 0.6 is 0 Å². The highest BCUT2D eigenvalue weighted by Gasteiger charge is 2.29. The molecule has 4 heteroatoms. The minimum atomic E-state index is 0.541. The molecule has 0 bridgehead atoms. The van der Waals surface area contributed by atoms with Gasteiger partial charge in [-0.15, -0.1) is 0 Å².